The van der Waals surface area contributed by atoms with Crippen LogP contribution in [0.3, 0.4) is 0 Å². The SMILES string of the molecule is NC1CCc2c(-c3ccccc3)cccc21. The van der Waals surface area contributed by atoms with Gasteiger partial charge in [0.25, 0.3) is 0 Å². The van der Waals surface area contributed by atoms with Crippen LogP contribution in [0.2, 0.25) is 0 Å². The Kier molecular flexibility index (Phi) is 2.26. The first kappa shape index (κ1) is 9.61. The summed E-state index contributed by atoms with van der Waals surface area (Å²) in [6, 6.07) is 17.3. The Morgan fingerprint density at radius 2 is 1.75 bits per heavy atom. The number of benzene rings is 2. The Labute approximate surface area is 95.9 Å². The zero-order valence-corrected chi connectivity index (χ0v) is 9.19. The van der Waals surface area contributed by atoms with Crippen LogP contribution in [0.5, 0.6) is 0 Å². The first-order chi connectivity index (χ1) is 7.86. The van der Waals surface area contributed by atoms with Crippen molar-refractivity contribution >= 4 is 0 Å². The van der Waals surface area contributed by atoms with E-state index in [9.17, 15) is 0 Å². The highest BCUT2D eigenvalue weighted by Gasteiger charge is 2.21. The van der Waals surface area contributed by atoms with E-state index in [-0.39, 0.29) is 6.04 Å². The van der Waals surface area contributed by atoms with Crippen LogP contribution in [0, 0.1) is 0 Å². The van der Waals surface area contributed by atoms with Gasteiger partial charge in [0.1, 0.15) is 0 Å². The lowest BCUT2D eigenvalue weighted by atomic mass is 9.96. The zero-order chi connectivity index (χ0) is 11.0. The molecular formula is C15H15N. The Morgan fingerprint density at radius 1 is 0.938 bits per heavy atom. The largest absolute Gasteiger partial charge is 0.324 e. The summed E-state index contributed by atoms with van der Waals surface area (Å²) >= 11 is 0. The third-order valence-electron chi connectivity index (χ3n) is 3.40. The van der Waals surface area contributed by atoms with E-state index in [1.54, 1.807) is 0 Å². The number of hydrogen-bond acceptors (Lipinski definition) is 1. The van der Waals surface area contributed by atoms with Gasteiger partial charge in [-0.3, -0.25) is 0 Å². The minimum atomic E-state index is 0.235. The number of rotatable bonds is 1. The molecule has 80 valence electrons. The van der Waals surface area contributed by atoms with Crippen molar-refractivity contribution in [2.45, 2.75) is 18.9 Å². The quantitative estimate of drug-likeness (QED) is 0.766. The predicted octanol–water partition coefficient (Wildman–Crippen LogP) is 3.30. The van der Waals surface area contributed by atoms with Crippen molar-refractivity contribution in [3.63, 3.8) is 0 Å². The molecule has 1 nitrogen and oxygen atoms in total. The fourth-order valence-electron chi connectivity index (χ4n) is 2.57. The lowest BCUT2D eigenvalue weighted by molar-refractivity contribution is 0.713. The molecule has 1 aliphatic rings. The maximum absolute atomic E-state index is 6.09. The summed E-state index contributed by atoms with van der Waals surface area (Å²) < 4.78 is 0. The van der Waals surface area contributed by atoms with Crippen LogP contribution in [0.4, 0.5) is 0 Å². The summed E-state index contributed by atoms with van der Waals surface area (Å²) in [5.41, 5.74) is 11.5. The second-order valence-electron chi connectivity index (χ2n) is 4.38. The van der Waals surface area contributed by atoms with Crippen LogP contribution in [0.15, 0.2) is 48.5 Å². The summed E-state index contributed by atoms with van der Waals surface area (Å²) in [6.07, 6.45) is 2.20. The Bertz CT molecular complexity index is 502. The van der Waals surface area contributed by atoms with Gasteiger partial charge in [-0.15, -0.1) is 0 Å². The molecule has 0 saturated heterocycles. The van der Waals surface area contributed by atoms with Crippen LogP contribution in [-0.2, 0) is 6.42 Å². The molecule has 2 N–H and O–H groups in total. The van der Waals surface area contributed by atoms with Crippen molar-refractivity contribution in [3.05, 3.63) is 59.7 Å². The van der Waals surface area contributed by atoms with E-state index in [0.29, 0.717) is 0 Å². The van der Waals surface area contributed by atoms with Gasteiger partial charge in [0, 0.05) is 6.04 Å². The molecule has 0 bridgehead atoms. The van der Waals surface area contributed by atoms with Gasteiger partial charge in [0.05, 0.1) is 0 Å². The van der Waals surface area contributed by atoms with Crippen LogP contribution < -0.4 is 5.73 Å². The average Bonchev–Trinajstić information content (AvgIpc) is 2.73. The third kappa shape index (κ3) is 1.44. The molecule has 0 heterocycles. The fraction of sp³-hybridized carbons (Fsp3) is 0.200. The molecule has 3 rings (SSSR count). The van der Waals surface area contributed by atoms with Gasteiger partial charge in [-0.1, -0.05) is 48.5 Å². The fourth-order valence-corrected chi connectivity index (χ4v) is 2.57. The minimum absolute atomic E-state index is 0.235. The summed E-state index contributed by atoms with van der Waals surface area (Å²) in [6.45, 7) is 0. The second-order valence-corrected chi connectivity index (χ2v) is 4.38. The molecule has 1 heteroatoms. The van der Waals surface area contributed by atoms with E-state index in [2.05, 4.69) is 48.5 Å². The van der Waals surface area contributed by atoms with E-state index >= 15 is 0 Å². The van der Waals surface area contributed by atoms with Crippen LogP contribution in [0.25, 0.3) is 11.1 Å². The van der Waals surface area contributed by atoms with Crippen molar-refractivity contribution in [2.24, 2.45) is 5.73 Å². The van der Waals surface area contributed by atoms with Gasteiger partial charge in [-0.05, 0) is 35.1 Å². The third-order valence-corrected chi connectivity index (χ3v) is 3.40. The molecule has 1 aliphatic carbocycles. The first-order valence-corrected chi connectivity index (χ1v) is 5.79. The van der Waals surface area contributed by atoms with E-state index in [1.165, 1.54) is 22.3 Å². The van der Waals surface area contributed by atoms with Crippen LogP contribution in [0.1, 0.15) is 23.6 Å². The van der Waals surface area contributed by atoms with Gasteiger partial charge in [0.2, 0.25) is 0 Å². The van der Waals surface area contributed by atoms with Gasteiger partial charge in [0.15, 0.2) is 0 Å². The molecular weight excluding hydrogens is 194 g/mol. The molecule has 2 aromatic rings. The Balaban J connectivity index is 2.17. The van der Waals surface area contributed by atoms with Gasteiger partial charge in [-0.2, -0.15) is 0 Å². The number of fused-ring (bicyclic) bond motifs is 1. The van der Waals surface area contributed by atoms with Crippen molar-refractivity contribution in [2.75, 3.05) is 0 Å². The molecule has 0 aliphatic heterocycles. The van der Waals surface area contributed by atoms with E-state index in [4.69, 9.17) is 5.73 Å². The van der Waals surface area contributed by atoms with Crippen LogP contribution >= 0.6 is 0 Å². The molecule has 0 spiro atoms. The summed E-state index contributed by atoms with van der Waals surface area (Å²) in [5, 5.41) is 0. The van der Waals surface area contributed by atoms with E-state index in [0.717, 1.165) is 12.8 Å². The van der Waals surface area contributed by atoms with Crippen molar-refractivity contribution < 1.29 is 0 Å². The normalized spacial score (nSPS) is 18.4. The van der Waals surface area contributed by atoms with E-state index in [1.807, 2.05) is 0 Å². The molecule has 1 unspecified atom stereocenters. The Morgan fingerprint density at radius 3 is 2.56 bits per heavy atom. The molecule has 0 amide bonds. The molecule has 0 fully saturated rings. The van der Waals surface area contributed by atoms with Gasteiger partial charge in [-0.25, -0.2) is 0 Å². The maximum Gasteiger partial charge on any atom is 0.0300 e. The molecule has 16 heavy (non-hydrogen) atoms. The highest BCUT2D eigenvalue weighted by Crippen LogP contribution is 2.36. The van der Waals surface area contributed by atoms with Gasteiger partial charge < -0.3 is 5.73 Å². The highest BCUT2D eigenvalue weighted by atomic mass is 14.6. The lowest BCUT2D eigenvalue weighted by Crippen LogP contribution is -2.04. The highest BCUT2D eigenvalue weighted by molar-refractivity contribution is 5.69. The first-order valence-electron chi connectivity index (χ1n) is 5.79. The summed E-state index contributed by atoms with van der Waals surface area (Å²) in [5.74, 6) is 0. The average molecular weight is 209 g/mol. The molecule has 1 atom stereocenters. The molecule has 0 aromatic heterocycles. The molecule has 0 radical (unpaired) electrons. The van der Waals surface area contributed by atoms with Crippen molar-refractivity contribution in [3.8, 4) is 11.1 Å². The molecule has 0 saturated carbocycles. The lowest BCUT2D eigenvalue weighted by Gasteiger charge is -2.09. The summed E-state index contributed by atoms with van der Waals surface area (Å²) in [4.78, 5) is 0. The van der Waals surface area contributed by atoms with Crippen molar-refractivity contribution in [1.82, 2.24) is 0 Å². The standard InChI is InChI=1S/C15H15N/c16-15-10-9-13-12(7-4-8-14(13)15)11-5-2-1-3-6-11/h1-8,15H,9-10,16H2. The topological polar surface area (TPSA) is 26.0 Å². The summed E-state index contributed by atoms with van der Waals surface area (Å²) in [7, 11) is 0. The Hall–Kier alpha value is -1.60. The monoisotopic (exact) mass is 209 g/mol. The zero-order valence-electron chi connectivity index (χ0n) is 9.19. The molecule has 2 aromatic carbocycles. The van der Waals surface area contributed by atoms with Crippen molar-refractivity contribution in [1.29, 1.82) is 0 Å². The predicted molar refractivity (Wildman–Crippen MR) is 67.1 cm³/mol. The maximum atomic E-state index is 6.09. The second kappa shape index (κ2) is 3.76. The minimum Gasteiger partial charge on any atom is -0.324 e. The number of hydrogen-bond donors (Lipinski definition) is 1. The number of nitrogens with two attached hydrogens (primary N) is 1. The van der Waals surface area contributed by atoms with E-state index < -0.39 is 0 Å². The van der Waals surface area contributed by atoms with Crippen LogP contribution in [-0.4, -0.2) is 0 Å². The van der Waals surface area contributed by atoms with Gasteiger partial charge >= 0.3 is 0 Å². The smallest absolute Gasteiger partial charge is 0.0300 e.